The second kappa shape index (κ2) is 8.86. The molecular weight excluding hydrogens is 364 g/mol. The van der Waals surface area contributed by atoms with Crippen LogP contribution in [-0.4, -0.2) is 48.1 Å². The summed E-state index contributed by atoms with van der Waals surface area (Å²) in [6.07, 6.45) is 9.37. The minimum Gasteiger partial charge on any atom is -0.376 e. The van der Waals surface area contributed by atoms with Crippen molar-refractivity contribution in [2.24, 2.45) is 0 Å². The fourth-order valence-electron chi connectivity index (χ4n) is 5.61. The molecule has 29 heavy (non-hydrogen) atoms. The van der Waals surface area contributed by atoms with Crippen LogP contribution < -0.4 is 5.32 Å². The Morgan fingerprint density at radius 1 is 1.21 bits per heavy atom. The second-order valence-electron chi connectivity index (χ2n) is 8.88. The summed E-state index contributed by atoms with van der Waals surface area (Å²) < 4.78 is 5.71. The lowest BCUT2D eigenvalue weighted by atomic mass is 9.65. The molecule has 1 aromatic rings. The first kappa shape index (κ1) is 20.4. The van der Waals surface area contributed by atoms with Gasteiger partial charge < -0.3 is 15.0 Å². The van der Waals surface area contributed by atoms with Crippen molar-refractivity contribution in [3.63, 3.8) is 0 Å². The van der Waals surface area contributed by atoms with Gasteiger partial charge in [0.15, 0.2) is 0 Å². The third-order valence-corrected chi connectivity index (χ3v) is 7.07. The zero-order valence-electron chi connectivity index (χ0n) is 17.6. The van der Waals surface area contributed by atoms with Gasteiger partial charge in [-0.3, -0.25) is 9.59 Å². The van der Waals surface area contributed by atoms with Gasteiger partial charge >= 0.3 is 0 Å². The molecule has 2 fully saturated rings. The maximum absolute atomic E-state index is 13.6. The van der Waals surface area contributed by atoms with Crippen LogP contribution in [0.5, 0.6) is 0 Å². The number of hydrogen-bond donors (Lipinski definition) is 1. The molecule has 5 nitrogen and oxygen atoms in total. The van der Waals surface area contributed by atoms with Gasteiger partial charge in [0.2, 0.25) is 5.91 Å². The fourth-order valence-corrected chi connectivity index (χ4v) is 5.61. The summed E-state index contributed by atoms with van der Waals surface area (Å²) in [4.78, 5) is 29.2. The molecule has 1 spiro atoms. The average Bonchev–Trinajstić information content (AvgIpc) is 3.27. The molecule has 0 bridgehead atoms. The third kappa shape index (κ3) is 3.81. The van der Waals surface area contributed by atoms with Crippen molar-refractivity contribution in [1.29, 1.82) is 0 Å². The van der Waals surface area contributed by atoms with Crippen LogP contribution in [-0.2, 0) is 9.53 Å². The average molecular weight is 399 g/mol. The van der Waals surface area contributed by atoms with Crippen LogP contribution in [0.3, 0.4) is 0 Å². The monoisotopic (exact) mass is 398 g/mol. The van der Waals surface area contributed by atoms with Gasteiger partial charge in [-0.05, 0) is 43.7 Å². The summed E-state index contributed by atoms with van der Waals surface area (Å²) in [7, 11) is 0. The summed E-state index contributed by atoms with van der Waals surface area (Å²) in [6, 6.07) is 7.77. The molecular formula is C24H34N2O3. The van der Waals surface area contributed by atoms with Gasteiger partial charge in [-0.2, -0.15) is 0 Å². The Balaban J connectivity index is 1.70. The molecule has 5 heteroatoms. The molecule has 2 atom stereocenters. The number of carbonyl (C=O) groups excluding carboxylic acids is 2. The number of fused-ring (bicyclic) bond motifs is 1. The molecule has 0 aromatic heterocycles. The molecule has 2 heterocycles. The molecule has 0 unspecified atom stereocenters. The van der Waals surface area contributed by atoms with Gasteiger partial charge in [0.1, 0.15) is 0 Å². The lowest BCUT2D eigenvalue weighted by Gasteiger charge is -2.54. The van der Waals surface area contributed by atoms with Crippen molar-refractivity contribution in [2.75, 3.05) is 19.7 Å². The van der Waals surface area contributed by atoms with E-state index in [1.165, 1.54) is 6.42 Å². The molecule has 1 aromatic carbocycles. The molecule has 1 aliphatic carbocycles. The van der Waals surface area contributed by atoms with E-state index in [0.29, 0.717) is 12.1 Å². The van der Waals surface area contributed by atoms with Crippen LogP contribution in [0, 0.1) is 0 Å². The van der Waals surface area contributed by atoms with Crippen molar-refractivity contribution >= 4 is 11.8 Å². The number of carbonyl (C=O) groups is 2. The van der Waals surface area contributed by atoms with E-state index in [1.807, 2.05) is 24.3 Å². The van der Waals surface area contributed by atoms with Gasteiger partial charge in [0.05, 0.1) is 17.6 Å². The standard InChI is InChI=1S/C24H34N2O3/c1-2-3-15-26-23(28)20-12-6-5-11-19(20)21(24(26)13-7-4-8-14-24)22(27)25-17-18-10-9-16-29-18/h5-6,11-12,18,21H,2-4,7-10,13-17H2,1H3,(H,25,27)/t18-,21+/m0/s1. The van der Waals surface area contributed by atoms with Crippen LogP contribution in [0.4, 0.5) is 0 Å². The molecule has 2 amide bonds. The van der Waals surface area contributed by atoms with Crippen molar-refractivity contribution in [1.82, 2.24) is 10.2 Å². The highest BCUT2D eigenvalue weighted by atomic mass is 16.5. The lowest BCUT2D eigenvalue weighted by molar-refractivity contribution is -0.127. The Morgan fingerprint density at radius 3 is 2.72 bits per heavy atom. The van der Waals surface area contributed by atoms with E-state index in [2.05, 4.69) is 17.1 Å². The van der Waals surface area contributed by atoms with E-state index in [4.69, 9.17) is 4.74 Å². The van der Waals surface area contributed by atoms with Crippen molar-refractivity contribution in [2.45, 2.75) is 82.3 Å². The fraction of sp³-hybridized carbons (Fsp3) is 0.667. The van der Waals surface area contributed by atoms with E-state index >= 15 is 0 Å². The number of unbranched alkanes of at least 4 members (excludes halogenated alkanes) is 1. The molecule has 1 N–H and O–H groups in total. The first-order valence-electron chi connectivity index (χ1n) is 11.5. The largest absolute Gasteiger partial charge is 0.376 e. The van der Waals surface area contributed by atoms with Gasteiger partial charge in [0.25, 0.3) is 5.91 Å². The SMILES string of the molecule is CCCCN1C(=O)c2ccccc2[C@H](C(=O)NC[C@@H]2CCCO2)C12CCCCC2. The normalized spacial score (nSPS) is 25.8. The van der Waals surface area contributed by atoms with E-state index in [9.17, 15) is 9.59 Å². The Labute approximate surface area is 174 Å². The molecule has 2 aliphatic heterocycles. The number of rotatable bonds is 6. The summed E-state index contributed by atoms with van der Waals surface area (Å²) in [5.41, 5.74) is 1.23. The molecule has 3 aliphatic rings. The Hall–Kier alpha value is -1.88. The first-order chi connectivity index (χ1) is 14.2. The maximum atomic E-state index is 13.6. The van der Waals surface area contributed by atoms with Gasteiger partial charge in [-0.15, -0.1) is 0 Å². The predicted molar refractivity (Wildman–Crippen MR) is 113 cm³/mol. The summed E-state index contributed by atoms with van der Waals surface area (Å²) >= 11 is 0. The zero-order valence-corrected chi connectivity index (χ0v) is 17.6. The highest BCUT2D eigenvalue weighted by molar-refractivity contribution is 6.02. The lowest BCUT2D eigenvalue weighted by Crippen LogP contribution is -2.63. The number of benzene rings is 1. The number of nitrogens with one attached hydrogen (secondary N) is 1. The molecule has 0 radical (unpaired) electrons. The third-order valence-electron chi connectivity index (χ3n) is 7.07. The molecule has 158 valence electrons. The van der Waals surface area contributed by atoms with Crippen molar-refractivity contribution < 1.29 is 14.3 Å². The Kier molecular flexibility index (Phi) is 6.23. The predicted octanol–water partition coefficient (Wildman–Crippen LogP) is 4.02. The summed E-state index contributed by atoms with van der Waals surface area (Å²) in [5.74, 6) is -0.127. The van der Waals surface area contributed by atoms with E-state index in [-0.39, 0.29) is 29.4 Å². The summed E-state index contributed by atoms with van der Waals surface area (Å²) in [6.45, 7) is 4.24. The quantitative estimate of drug-likeness (QED) is 0.787. The Morgan fingerprint density at radius 2 is 2.00 bits per heavy atom. The van der Waals surface area contributed by atoms with E-state index in [1.54, 1.807) is 0 Å². The van der Waals surface area contributed by atoms with Gasteiger partial charge in [0, 0.05) is 25.3 Å². The van der Waals surface area contributed by atoms with Gasteiger partial charge in [-0.1, -0.05) is 50.8 Å². The number of amides is 2. The van der Waals surface area contributed by atoms with Crippen LogP contribution >= 0.6 is 0 Å². The van der Waals surface area contributed by atoms with Crippen LogP contribution in [0.25, 0.3) is 0 Å². The molecule has 1 saturated heterocycles. The smallest absolute Gasteiger partial charge is 0.254 e. The maximum Gasteiger partial charge on any atom is 0.254 e. The van der Waals surface area contributed by atoms with Crippen molar-refractivity contribution in [3.05, 3.63) is 35.4 Å². The van der Waals surface area contributed by atoms with Crippen LogP contribution in [0.2, 0.25) is 0 Å². The topological polar surface area (TPSA) is 58.6 Å². The number of nitrogens with zero attached hydrogens (tertiary/aromatic N) is 1. The second-order valence-corrected chi connectivity index (χ2v) is 8.88. The highest BCUT2D eigenvalue weighted by Crippen LogP contribution is 2.49. The van der Waals surface area contributed by atoms with Crippen LogP contribution in [0.1, 0.15) is 86.6 Å². The number of ether oxygens (including phenoxy) is 1. The Bertz CT molecular complexity index is 735. The zero-order chi connectivity index (χ0) is 20.3. The van der Waals surface area contributed by atoms with Crippen LogP contribution in [0.15, 0.2) is 24.3 Å². The summed E-state index contributed by atoms with van der Waals surface area (Å²) in [5, 5.41) is 3.20. The molecule has 1 saturated carbocycles. The minimum absolute atomic E-state index is 0.0591. The van der Waals surface area contributed by atoms with E-state index < -0.39 is 0 Å². The van der Waals surface area contributed by atoms with E-state index in [0.717, 1.165) is 70.1 Å². The van der Waals surface area contributed by atoms with Crippen molar-refractivity contribution in [3.8, 4) is 0 Å². The first-order valence-corrected chi connectivity index (χ1v) is 11.5. The molecule has 4 rings (SSSR count). The van der Waals surface area contributed by atoms with Gasteiger partial charge in [-0.25, -0.2) is 0 Å². The highest BCUT2D eigenvalue weighted by Gasteiger charge is 2.54. The number of hydrogen-bond acceptors (Lipinski definition) is 3. The minimum atomic E-state index is -0.389.